The topological polar surface area (TPSA) is 33.5 Å². The van der Waals surface area contributed by atoms with Crippen LogP contribution in [0.5, 0.6) is 0 Å². The minimum Gasteiger partial charge on any atom is -0.464 e. The number of thioether (sulfide) groups is 1. The largest absolute Gasteiger partial charge is 0.464 e. The molecule has 100 valence electrons. The van der Waals surface area contributed by atoms with Crippen LogP contribution in [-0.2, 0) is 11.3 Å². The molecule has 1 fully saturated rings. The Morgan fingerprint density at radius 1 is 1.61 bits per heavy atom. The van der Waals surface area contributed by atoms with Crippen LogP contribution in [0.15, 0.2) is 16.5 Å². The molecule has 3 nitrogen and oxygen atoms in total. The minimum absolute atomic E-state index is 0.00730. The SMILES string of the molecule is CS[C@H](C)C(=O)N(C)Cc1ccc([C@H]2C[C@H]2C)o1. The number of carbonyl (C=O) groups excluding carboxylic acids is 1. The summed E-state index contributed by atoms with van der Waals surface area (Å²) >= 11 is 1.57. The number of hydrogen-bond donors (Lipinski definition) is 0. The first-order chi connectivity index (χ1) is 8.52. The van der Waals surface area contributed by atoms with E-state index in [1.165, 1.54) is 6.42 Å². The van der Waals surface area contributed by atoms with Gasteiger partial charge in [0.2, 0.25) is 5.91 Å². The van der Waals surface area contributed by atoms with Gasteiger partial charge in [-0.15, -0.1) is 0 Å². The van der Waals surface area contributed by atoms with Gasteiger partial charge in [-0.1, -0.05) is 6.92 Å². The van der Waals surface area contributed by atoms with Crippen molar-refractivity contribution in [3.8, 4) is 0 Å². The fourth-order valence-electron chi connectivity index (χ4n) is 2.12. The summed E-state index contributed by atoms with van der Waals surface area (Å²) in [7, 11) is 1.83. The number of carbonyl (C=O) groups is 1. The molecule has 1 aliphatic carbocycles. The molecule has 1 aromatic heterocycles. The van der Waals surface area contributed by atoms with Gasteiger partial charge in [0.25, 0.3) is 0 Å². The fraction of sp³-hybridized carbons (Fsp3) is 0.643. The predicted molar refractivity (Wildman–Crippen MR) is 74.7 cm³/mol. The van der Waals surface area contributed by atoms with E-state index < -0.39 is 0 Å². The van der Waals surface area contributed by atoms with Gasteiger partial charge in [0.15, 0.2) is 0 Å². The maximum atomic E-state index is 11.9. The van der Waals surface area contributed by atoms with Crippen LogP contribution in [0.3, 0.4) is 0 Å². The standard InChI is InChI=1S/C14H21NO2S/c1-9-7-12(9)13-6-5-11(17-13)8-15(3)14(16)10(2)18-4/h5-6,9-10,12H,7-8H2,1-4H3/t9-,10-,12+/m1/s1. The van der Waals surface area contributed by atoms with Crippen molar-refractivity contribution in [2.24, 2.45) is 5.92 Å². The molecule has 0 spiro atoms. The van der Waals surface area contributed by atoms with E-state index in [-0.39, 0.29) is 11.2 Å². The summed E-state index contributed by atoms with van der Waals surface area (Å²) < 4.78 is 5.81. The minimum atomic E-state index is 0.00730. The molecule has 1 aromatic rings. The van der Waals surface area contributed by atoms with Gasteiger partial charge >= 0.3 is 0 Å². The van der Waals surface area contributed by atoms with Crippen LogP contribution in [0, 0.1) is 5.92 Å². The lowest BCUT2D eigenvalue weighted by Gasteiger charge is -2.19. The molecular weight excluding hydrogens is 246 g/mol. The van der Waals surface area contributed by atoms with Crippen molar-refractivity contribution in [2.75, 3.05) is 13.3 Å². The van der Waals surface area contributed by atoms with Crippen LogP contribution >= 0.6 is 11.8 Å². The quantitative estimate of drug-likeness (QED) is 0.822. The van der Waals surface area contributed by atoms with Crippen LogP contribution in [-0.4, -0.2) is 29.4 Å². The van der Waals surface area contributed by atoms with Crippen molar-refractivity contribution < 1.29 is 9.21 Å². The molecule has 0 N–H and O–H groups in total. The number of hydrogen-bond acceptors (Lipinski definition) is 3. The van der Waals surface area contributed by atoms with E-state index in [2.05, 4.69) is 13.0 Å². The van der Waals surface area contributed by atoms with E-state index in [0.29, 0.717) is 12.5 Å². The Kier molecular flexibility index (Phi) is 4.05. The van der Waals surface area contributed by atoms with Crippen molar-refractivity contribution in [3.05, 3.63) is 23.7 Å². The van der Waals surface area contributed by atoms with E-state index in [1.807, 2.05) is 26.3 Å². The molecule has 3 atom stereocenters. The Morgan fingerprint density at radius 2 is 2.28 bits per heavy atom. The maximum Gasteiger partial charge on any atom is 0.235 e. The molecule has 0 saturated heterocycles. The van der Waals surface area contributed by atoms with E-state index in [9.17, 15) is 4.79 Å². The highest BCUT2D eigenvalue weighted by atomic mass is 32.2. The highest BCUT2D eigenvalue weighted by Gasteiger charge is 2.36. The van der Waals surface area contributed by atoms with Gasteiger partial charge in [-0.05, 0) is 37.7 Å². The second-order valence-electron chi connectivity index (χ2n) is 5.20. The van der Waals surface area contributed by atoms with Crippen molar-refractivity contribution in [1.29, 1.82) is 0 Å². The van der Waals surface area contributed by atoms with Crippen molar-refractivity contribution >= 4 is 17.7 Å². The van der Waals surface area contributed by atoms with Gasteiger partial charge < -0.3 is 9.32 Å². The van der Waals surface area contributed by atoms with Gasteiger partial charge in [0, 0.05) is 13.0 Å². The number of nitrogens with zero attached hydrogens (tertiary/aromatic N) is 1. The normalized spacial score (nSPS) is 23.8. The summed E-state index contributed by atoms with van der Waals surface area (Å²) in [4.78, 5) is 13.7. The van der Waals surface area contributed by atoms with Crippen LogP contribution < -0.4 is 0 Å². The van der Waals surface area contributed by atoms with Gasteiger partial charge in [0.05, 0.1) is 11.8 Å². The summed E-state index contributed by atoms with van der Waals surface area (Å²) in [6.45, 7) is 4.73. The Morgan fingerprint density at radius 3 is 2.83 bits per heavy atom. The van der Waals surface area contributed by atoms with Crippen molar-refractivity contribution in [2.45, 2.75) is 38.0 Å². The van der Waals surface area contributed by atoms with Crippen LogP contribution in [0.4, 0.5) is 0 Å². The highest BCUT2D eigenvalue weighted by molar-refractivity contribution is 7.99. The van der Waals surface area contributed by atoms with E-state index in [4.69, 9.17) is 4.42 Å². The third-order valence-corrected chi connectivity index (χ3v) is 4.54. The van der Waals surface area contributed by atoms with Gasteiger partial charge in [0.1, 0.15) is 11.5 Å². The third kappa shape index (κ3) is 2.91. The van der Waals surface area contributed by atoms with Crippen LogP contribution in [0.1, 0.15) is 37.7 Å². The number of rotatable bonds is 5. The first-order valence-corrected chi connectivity index (χ1v) is 7.68. The zero-order valence-electron chi connectivity index (χ0n) is 11.5. The molecule has 1 saturated carbocycles. The Hall–Kier alpha value is -0.900. The molecular formula is C14H21NO2S. The zero-order valence-corrected chi connectivity index (χ0v) is 12.3. The van der Waals surface area contributed by atoms with E-state index >= 15 is 0 Å². The van der Waals surface area contributed by atoms with Crippen molar-refractivity contribution in [1.82, 2.24) is 4.90 Å². The molecule has 0 radical (unpaired) electrons. The Bertz CT molecular complexity index is 429. The second kappa shape index (κ2) is 5.39. The monoisotopic (exact) mass is 267 g/mol. The van der Waals surface area contributed by atoms with E-state index in [0.717, 1.165) is 17.4 Å². The molecule has 1 amide bonds. The summed E-state index contributed by atoms with van der Waals surface area (Å²) in [6.07, 6.45) is 3.18. The average Bonchev–Trinajstić information content (AvgIpc) is 2.90. The van der Waals surface area contributed by atoms with E-state index in [1.54, 1.807) is 16.7 Å². The first-order valence-electron chi connectivity index (χ1n) is 6.39. The van der Waals surface area contributed by atoms with Crippen LogP contribution in [0.25, 0.3) is 0 Å². The molecule has 0 aromatic carbocycles. The Labute approximate surface area is 113 Å². The predicted octanol–water partition coefficient (Wildman–Crippen LogP) is 3.11. The molecule has 18 heavy (non-hydrogen) atoms. The Balaban J connectivity index is 1.92. The lowest BCUT2D eigenvalue weighted by atomic mass is 10.3. The lowest BCUT2D eigenvalue weighted by Crippen LogP contribution is -2.32. The fourth-order valence-corrected chi connectivity index (χ4v) is 2.50. The zero-order chi connectivity index (χ0) is 13.3. The molecule has 0 bridgehead atoms. The summed E-state index contributed by atoms with van der Waals surface area (Å²) in [5.41, 5.74) is 0. The van der Waals surface area contributed by atoms with Crippen molar-refractivity contribution in [3.63, 3.8) is 0 Å². The second-order valence-corrected chi connectivity index (χ2v) is 6.37. The number of amides is 1. The average molecular weight is 267 g/mol. The van der Waals surface area contributed by atoms with Gasteiger partial charge in [-0.2, -0.15) is 11.8 Å². The molecule has 2 rings (SSSR count). The number of furan rings is 1. The molecule has 4 heteroatoms. The third-order valence-electron chi connectivity index (χ3n) is 3.63. The van der Waals surface area contributed by atoms with Gasteiger partial charge in [-0.25, -0.2) is 0 Å². The molecule has 1 heterocycles. The smallest absolute Gasteiger partial charge is 0.235 e. The van der Waals surface area contributed by atoms with Gasteiger partial charge in [-0.3, -0.25) is 4.79 Å². The lowest BCUT2D eigenvalue weighted by molar-refractivity contribution is -0.129. The molecule has 0 unspecified atom stereocenters. The summed E-state index contributed by atoms with van der Waals surface area (Å²) in [5.74, 6) is 3.47. The summed E-state index contributed by atoms with van der Waals surface area (Å²) in [5, 5.41) is 0.00730. The highest BCUT2D eigenvalue weighted by Crippen LogP contribution is 2.47. The van der Waals surface area contributed by atoms with Crippen LogP contribution in [0.2, 0.25) is 0 Å². The summed E-state index contributed by atoms with van der Waals surface area (Å²) in [6, 6.07) is 4.05. The molecule has 1 aliphatic rings. The molecule has 0 aliphatic heterocycles. The first kappa shape index (κ1) is 13.5. The maximum absolute atomic E-state index is 11.9.